The van der Waals surface area contributed by atoms with Gasteiger partial charge in [0.25, 0.3) is 0 Å². The van der Waals surface area contributed by atoms with Gasteiger partial charge in [0.1, 0.15) is 79.0 Å². The van der Waals surface area contributed by atoms with Crippen molar-refractivity contribution in [3.05, 3.63) is 0 Å². The quantitative estimate of drug-likeness (QED) is 0.0297. The molecule has 0 radical (unpaired) electrons. The van der Waals surface area contributed by atoms with Crippen LogP contribution in [0.1, 0.15) is 59.8 Å². The number of aliphatic hydroxyl groups excluding tert-OH is 6. The van der Waals surface area contributed by atoms with Crippen LogP contribution in [-0.4, -0.2) is 216 Å². The number of thiol groups is 1. The van der Waals surface area contributed by atoms with E-state index in [9.17, 15) is 84.0 Å². The van der Waals surface area contributed by atoms with Crippen molar-refractivity contribution in [3.63, 3.8) is 0 Å². The summed E-state index contributed by atoms with van der Waals surface area (Å²) in [5, 5.41) is 104. The summed E-state index contributed by atoms with van der Waals surface area (Å²) in [6, 6.07) is -10.6. The van der Waals surface area contributed by atoms with E-state index < -0.39 is 177 Å². The predicted octanol–water partition coefficient (Wildman–Crippen LogP) is -7.64. The second-order valence-electron chi connectivity index (χ2n) is 15.3. The number of aliphatic carboxylic acids is 3. The first-order chi connectivity index (χ1) is 30.8. The van der Waals surface area contributed by atoms with E-state index in [0.717, 1.165) is 27.7 Å². The van der Waals surface area contributed by atoms with Crippen LogP contribution in [-0.2, 0) is 57.4 Å². The van der Waals surface area contributed by atoms with E-state index in [2.05, 4.69) is 44.5 Å². The van der Waals surface area contributed by atoms with E-state index in [1.54, 1.807) is 0 Å². The van der Waals surface area contributed by atoms with Gasteiger partial charge in [0, 0.05) is 26.0 Å². The molecule has 66 heavy (non-hydrogen) atoms. The Morgan fingerprint density at radius 1 is 0.712 bits per heavy atom. The molecular formula is C37H63N7O21S. The first kappa shape index (κ1) is 59.2. The van der Waals surface area contributed by atoms with Gasteiger partial charge in [-0.15, -0.1) is 0 Å². The highest BCUT2D eigenvalue weighted by molar-refractivity contribution is 7.80. The monoisotopic (exact) mass is 973 g/mol. The number of carboxylic acids is 3. The topological polar surface area (TPSA) is 462 Å². The fourth-order valence-corrected chi connectivity index (χ4v) is 6.56. The van der Waals surface area contributed by atoms with Crippen LogP contribution in [0, 0.1) is 0 Å². The SMILES string of the molecule is CC(=O)NC(CO)C(OC(C)C(=O)NC(C)C(=O)NC(CCC(=O)NC(CCCC(N)C(=O)O)C(=O)NC(CS)C(=O)O)C(=O)O)C(OC1OC(CO)C(O)C(O)C1NC(C)=O)C(O)CO. The number of hydrogen-bond acceptors (Lipinski definition) is 20. The zero-order valence-electron chi connectivity index (χ0n) is 36.5. The summed E-state index contributed by atoms with van der Waals surface area (Å²) in [4.78, 5) is 111. The Kier molecular flexibility index (Phi) is 26.1. The summed E-state index contributed by atoms with van der Waals surface area (Å²) in [6.07, 6.45) is -15.9. The maximum Gasteiger partial charge on any atom is 0.327 e. The molecule has 1 aliphatic rings. The molecule has 1 rings (SSSR count). The lowest BCUT2D eigenvalue weighted by atomic mass is 9.96. The third kappa shape index (κ3) is 19.2. The summed E-state index contributed by atoms with van der Waals surface area (Å²) < 4.78 is 17.3. The van der Waals surface area contributed by atoms with Gasteiger partial charge in [-0.05, 0) is 39.5 Å². The predicted molar refractivity (Wildman–Crippen MR) is 224 cm³/mol. The van der Waals surface area contributed by atoms with E-state index in [1.807, 2.05) is 0 Å². The number of carbonyl (C=O) groups excluding carboxylic acids is 6. The van der Waals surface area contributed by atoms with Crippen molar-refractivity contribution in [2.75, 3.05) is 25.6 Å². The molecule has 0 bridgehead atoms. The molecule has 0 saturated carbocycles. The van der Waals surface area contributed by atoms with Crippen LogP contribution in [0.3, 0.4) is 0 Å². The van der Waals surface area contributed by atoms with Crippen LogP contribution >= 0.6 is 12.6 Å². The van der Waals surface area contributed by atoms with E-state index in [4.69, 9.17) is 25.1 Å². The van der Waals surface area contributed by atoms with Crippen molar-refractivity contribution in [2.45, 2.75) is 151 Å². The average molecular weight is 974 g/mol. The Hall–Kier alpha value is -4.82. The minimum absolute atomic E-state index is 0.0131. The number of carbonyl (C=O) groups is 9. The second-order valence-corrected chi connectivity index (χ2v) is 15.6. The van der Waals surface area contributed by atoms with Gasteiger partial charge in [-0.3, -0.25) is 33.6 Å². The molecule has 1 saturated heterocycles. The van der Waals surface area contributed by atoms with E-state index in [-0.39, 0.29) is 25.0 Å². The average Bonchev–Trinajstić information content (AvgIpc) is 3.25. The molecule has 0 spiro atoms. The lowest BCUT2D eigenvalue weighted by Gasteiger charge is -2.45. The first-order valence-corrected chi connectivity index (χ1v) is 21.1. The van der Waals surface area contributed by atoms with E-state index in [0.29, 0.717) is 0 Å². The molecule has 1 fully saturated rings. The zero-order valence-corrected chi connectivity index (χ0v) is 37.4. The number of hydrogen-bond donors (Lipinski definition) is 17. The maximum absolute atomic E-state index is 13.4. The Morgan fingerprint density at radius 3 is 1.82 bits per heavy atom. The molecule has 0 aromatic heterocycles. The Balaban J connectivity index is 3.22. The Morgan fingerprint density at radius 2 is 1.32 bits per heavy atom. The molecule has 17 N–H and O–H groups in total. The van der Waals surface area contributed by atoms with Gasteiger partial charge in [-0.1, -0.05) is 0 Å². The lowest BCUT2D eigenvalue weighted by Crippen LogP contribution is -2.67. The minimum Gasteiger partial charge on any atom is -0.480 e. The number of carboxylic acid groups (broad SMARTS) is 3. The van der Waals surface area contributed by atoms with Crippen molar-refractivity contribution < 1.29 is 103 Å². The standard InChI is InChI=1S/C37H63N7O21S/c1-14(31(54)43-20(35(59)60)8-9-25(51)42-19(7-5-6-18(38)34(57)58)33(56)44-22(13-66)36(61)62)39-32(55)15(2)63-29(21(10-45)40-16(3)48)30(23(50)11-46)65-37-26(41-17(4)49)28(53)27(52)24(12-47)64-37/h14-15,18-24,26-30,37,45-47,50,52-53,66H,5-13,38H2,1-4H3,(H,39,55)(H,40,48)(H,41,49)(H,42,51)(H,43,54)(H,44,56)(H,57,58)(H,59,60)(H,61,62). The fourth-order valence-electron chi connectivity index (χ4n) is 6.31. The van der Waals surface area contributed by atoms with Crippen LogP contribution < -0.4 is 37.6 Å². The molecule has 0 aromatic rings. The lowest BCUT2D eigenvalue weighted by molar-refractivity contribution is -0.303. The molecule has 29 heteroatoms. The number of nitrogens with one attached hydrogen (secondary N) is 6. The van der Waals surface area contributed by atoms with Gasteiger partial charge in [0.15, 0.2) is 6.29 Å². The maximum atomic E-state index is 13.4. The van der Waals surface area contributed by atoms with Gasteiger partial charge < -0.3 is 97.8 Å². The highest BCUT2D eigenvalue weighted by Gasteiger charge is 2.49. The number of ether oxygens (including phenoxy) is 3. The van der Waals surface area contributed by atoms with Crippen molar-refractivity contribution in [3.8, 4) is 0 Å². The number of amides is 6. The molecule has 0 aromatic carbocycles. The van der Waals surface area contributed by atoms with Crippen molar-refractivity contribution in [1.29, 1.82) is 0 Å². The Labute approximate surface area is 383 Å². The fraction of sp³-hybridized carbons (Fsp3) is 0.757. The van der Waals surface area contributed by atoms with Crippen LogP contribution in [0.25, 0.3) is 0 Å². The molecule has 15 atom stereocenters. The summed E-state index contributed by atoms with van der Waals surface area (Å²) in [5.41, 5.74) is 5.50. The number of rotatable bonds is 30. The van der Waals surface area contributed by atoms with Gasteiger partial charge in [-0.2, -0.15) is 12.6 Å². The molecule has 0 aliphatic carbocycles. The van der Waals surface area contributed by atoms with Crippen molar-refractivity contribution in [1.82, 2.24) is 31.9 Å². The van der Waals surface area contributed by atoms with Crippen LogP contribution in [0.15, 0.2) is 0 Å². The molecule has 1 heterocycles. The summed E-state index contributed by atoms with van der Waals surface area (Å²) in [5.74, 6) is -10.3. The first-order valence-electron chi connectivity index (χ1n) is 20.5. The number of nitrogens with two attached hydrogens (primary N) is 1. The third-order valence-electron chi connectivity index (χ3n) is 9.95. The summed E-state index contributed by atoms with van der Waals surface area (Å²) in [7, 11) is 0. The van der Waals surface area contributed by atoms with Crippen LogP contribution in [0.2, 0.25) is 0 Å². The third-order valence-corrected chi connectivity index (χ3v) is 10.3. The minimum atomic E-state index is -1.99. The van der Waals surface area contributed by atoms with Gasteiger partial charge in [0.05, 0.1) is 25.9 Å². The molecule has 28 nitrogen and oxygen atoms in total. The Bertz CT molecular complexity index is 1670. The smallest absolute Gasteiger partial charge is 0.327 e. The highest BCUT2D eigenvalue weighted by Crippen LogP contribution is 2.27. The summed E-state index contributed by atoms with van der Waals surface area (Å²) in [6.45, 7) is 1.40. The van der Waals surface area contributed by atoms with E-state index in [1.165, 1.54) is 0 Å². The molecule has 378 valence electrons. The van der Waals surface area contributed by atoms with Crippen LogP contribution in [0.4, 0.5) is 0 Å². The van der Waals surface area contributed by atoms with Crippen LogP contribution in [0.5, 0.6) is 0 Å². The van der Waals surface area contributed by atoms with Crippen molar-refractivity contribution >= 4 is 66.0 Å². The largest absolute Gasteiger partial charge is 0.480 e. The van der Waals surface area contributed by atoms with Gasteiger partial charge >= 0.3 is 17.9 Å². The molecule has 15 unspecified atom stereocenters. The normalized spacial score (nSPS) is 22.8. The van der Waals surface area contributed by atoms with Gasteiger partial charge in [0.2, 0.25) is 35.4 Å². The molecule has 6 amide bonds. The summed E-state index contributed by atoms with van der Waals surface area (Å²) >= 11 is 3.87. The molecule has 1 aliphatic heterocycles. The van der Waals surface area contributed by atoms with Crippen molar-refractivity contribution in [2.24, 2.45) is 5.73 Å². The highest BCUT2D eigenvalue weighted by atomic mass is 32.1. The molecular weight excluding hydrogens is 911 g/mol. The second kappa shape index (κ2) is 29.0. The van der Waals surface area contributed by atoms with Gasteiger partial charge in [-0.25, -0.2) is 9.59 Å². The number of aliphatic hydroxyl groups is 6. The zero-order chi connectivity index (χ0) is 50.6. The van der Waals surface area contributed by atoms with E-state index >= 15 is 0 Å².